The van der Waals surface area contributed by atoms with Crippen molar-refractivity contribution in [1.29, 1.82) is 0 Å². The van der Waals surface area contributed by atoms with Gasteiger partial charge in [0.15, 0.2) is 0 Å². The number of hydrogen-bond donors (Lipinski definition) is 2. The van der Waals surface area contributed by atoms with Crippen molar-refractivity contribution in [3.05, 3.63) is 34.9 Å². The second-order valence-corrected chi connectivity index (χ2v) is 2.54. The summed E-state index contributed by atoms with van der Waals surface area (Å²) in [6, 6.07) is 2.44. The minimum Gasteiger partial charge on any atom is -0.316 e. The first kappa shape index (κ1) is 9.09. The molecule has 0 heterocycles. The van der Waals surface area contributed by atoms with Gasteiger partial charge in [-0.25, -0.2) is 14.3 Å². The smallest absolute Gasteiger partial charge is 0.130 e. The highest BCUT2D eigenvalue weighted by Gasteiger charge is 2.08. The van der Waals surface area contributed by atoms with E-state index in [2.05, 4.69) is 0 Å². The Morgan fingerprint density at radius 3 is 2.25 bits per heavy atom. The SMILES string of the molecule is Cc1cc(F)c(CNO)c(F)c1. The normalized spacial score (nSPS) is 10.3. The van der Waals surface area contributed by atoms with Crippen LogP contribution in [0.2, 0.25) is 0 Å². The molecule has 2 nitrogen and oxygen atoms in total. The minimum absolute atomic E-state index is 0.150. The van der Waals surface area contributed by atoms with Gasteiger partial charge in [0, 0.05) is 5.56 Å². The number of aryl methyl sites for hydroxylation is 1. The molecule has 0 amide bonds. The topological polar surface area (TPSA) is 32.3 Å². The highest BCUT2D eigenvalue weighted by atomic mass is 19.1. The highest BCUT2D eigenvalue weighted by molar-refractivity contribution is 5.25. The first-order valence-corrected chi connectivity index (χ1v) is 3.46. The van der Waals surface area contributed by atoms with Crippen LogP contribution in [-0.2, 0) is 6.54 Å². The van der Waals surface area contributed by atoms with Crippen LogP contribution >= 0.6 is 0 Å². The third kappa shape index (κ3) is 1.78. The Balaban J connectivity index is 3.10. The van der Waals surface area contributed by atoms with Gasteiger partial charge in [-0.1, -0.05) is 0 Å². The van der Waals surface area contributed by atoms with E-state index in [9.17, 15) is 8.78 Å². The molecule has 1 aromatic carbocycles. The number of benzene rings is 1. The fourth-order valence-corrected chi connectivity index (χ4v) is 0.978. The third-order valence-electron chi connectivity index (χ3n) is 1.54. The van der Waals surface area contributed by atoms with E-state index >= 15 is 0 Å². The molecule has 0 saturated carbocycles. The van der Waals surface area contributed by atoms with E-state index in [0.29, 0.717) is 5.56 Å². The molecular weight excluding hydrogens is 164 g/mol. The molecule has 4 heteroatoms. The molecule has 66 valence electrons. The molecule has 0 bridgehead atoms. The van der Waals surface area contributed by atoms with Gasteiger partial charge in [-0.3, -0.25) is 0 Å². The van der Waals surface area contributed by atoms with Gasteiger partial charge in [0.1, 0.15) is 11.6 Å². The van der Waals surface area contributed by atoms with Gasteiger partial charge in [0.2, 0.25) is 0 Å². The van der Waals surface area contributed by atoms with Crippen LogP contribution in [0.4, 0.5) is 8.78 Å². The van der Waals surface area contributed by atoms with E-state index in [1.54, 1.807) is 12.4 Å². The lowest BCUT2D eigenvalue weighted by Gasteiger charge is -2.04. The Bertz CT molecular complexity index is 265. The molecule has 0 aromatic heterocycles. The Morgan fingerprint density at radius 2 is 1.83 bits per heavy atom. The molecule has 0 aliphatic rings. The summed E-state index contributed by atoms with van der Waals surface area (Å²) < 4.78 is 25.8. The number of hydroxylamine groups is 1. The van der Waals surface area contributed by atoms with Crippen molar-refractivity contribution < 1.29 is 14.0 Å². The molecule has 0 spiro atoms. The number of hydrogen-bond acceptors (Lipinski definition) is 2. The average Bonchev–Trinajstić information content (AvgIpc) is 1.96. The summed E-state index contributed by atoms with van der Waals surface area (Å²) in [5.74, 6) is -1.29. The van der Waals surface area contributed by atoms with Crippen LogP contribution < -0.4 is 5.48 Å². The molecular formula is C8H9F2NO. The summed E-state index contributed by atoms with van der Waals surface area (Å²) in [6.45, 7) is 1.38. The summed E-state index contributed by atoms with van der Waals surface area (Å²) in [5.41, 5.74) is 2.08. The van der Waals surface area contributed by atoms with Gasteiger partial charge in [0.25, 0.3) is 0 Å². The van der Waals surface area contributed by atoms with E-state index in [0.717, 1.165) is 0 Å². The van der Waals surface area contributed by atoms with Crippen LogP contribution in [0.25, 0.3) is 0 Å². The van der Waals surface area contributed by atoms with Gasteiger partial charge in [-0.2, -0.15) is 0 Å². The zero-order valence-corrected chi connectivity index (χ0v) is 6.56. The maximum Gasteiger partial charge on any atom is 0.130 e. The predicted molar refractivity (Wildman–Crippen MR) is 39.7 cm³/mol. The van der Waals surface area contributed by atoms with Crippen LogP contribution in [0.15, 0.2) is 12.1 Å². The lowest BCUT2D eigenvalue weighted by molar-refractivity contribution is 0.158. The molecule has 0 aliphatic carbocycles. The van der Waals surface area contributed by atoms with Crippen molar-refractivity contribution >= 4 is 0 Å². The van der Waals surface area contributed by atoms with Crippen molar-refractivity contribution in [2.24, 2.45) is 0 Å². The Kier molecular flexibility index (Phi) is 2.73. The second kappa shape index (κ2) is 3.60. The molecule has 0 radical (unpaired) electrons. The van der Waals surface area contributed by atoms with E-state index in [1.807, 2.05) is 0 Å². The largest absolute Gasteiger partial charge is 0.316 e. The van der Waals surface area contributed by atoms with Gasteiger partial charge in [-0.15, -0.1) is 0 Å². The summed E-state index contributed by atoms with van der Waals surface area (Å²) in [7, 11) is 0. The van der Waals surface area contributed by atoms with Crippen LogP contribution in [0.5, 0.6) is 0 Å². The highest BCUT2D eigenvalue weighted by Crippen LogP contribution is 2.14. The minimum atomic E-state index is -0.644. The van der Waals surface area contributed by atoms with Crippen molar-refractivity contribution in [3.63, 3.8) is 0 Å². The number of halogens is 2. The summed E-state index contributed by atoms with van der Waals surface area (Å²) in [4.78, 5) is 0. The number of rotatable bonds is 2. The molecule has 0 aliphatic heterocycles. The fourth-order valence-electron chi connectivity index (χ4n) is 0.978. The van der Waals surface area contributed by atoms with Crippen molar-refractivity contribution in [2.75, 3.05) is 0 Å². The van der Waals surface area contributed by atoms with E-state index in [1.165, 1.54) is 12.1 Å². The molecule has 0 fully saturated rings. The van der Waals surface area contributed by atoms with Crippen molar-refractivity contribution in [2.45, 2.75) is 13.5 Å². The van der Waals surface area contributed by atoms with E-state index < -0.39 is 11.6 Å². The lowest BCUT2D eigenvalue weighted by atomic mass is 10.1. The second-order valence-electron chi connectivity index (χ2n) is 2.54. The Labute approximate surface area is 68.8 Å². The van der Waals surface area contributed by atoms with E-state index in [4.69, 9.17) is 5.21 Å². The van der Waals surface area contributed by atoms with Gasteiger partial charge in [0.05, 0.1) is 6.54 Å². The lowest BCUT2D eigenvalue weighted by Crippen LogP contribution is -2.10. The van der Waals surface area contributed by atoms with Gasteiger partial charge >= 0.3 is 0 Å². The molecule has 0 saturated heterocycles. The first-order chi connectivity index (χ1) is 5.65. The quantitative estimate of drug-likeness (QED) is 0.668. The summed E-state index contributed by atoms with van der Waals surface area (Å²) >= 11 is 0. The van der Waals surface area contributed by atoms with Crippen LogP contribution in [-0.4, -0.2) is 5.21 Å². The van der Waals surface area contributed by atoms with Crippen molar-refractivity contribution in [3.8, 4) is 0 Å². The first-order valence-electron chi connectivity index (χ1n) is 3.46. The van der Waals surface area contributed by atoms with Gasteiger partial charge in [-0.05, 0) is 24.6 Å². The zero-order chi connectivity index (χ0) is 9.14. The maximum absolute atomic E-state index is 12.9. The average molecular weight is 173 g/mol. The fraction of sp³-hybridized carbons (Fsp3) is 0.250. The van der Waals surface area contributed by atoms with Gasteiger partial charge < -0.3 is 5.21 Å². The molecule has 0 atom stereocenters. The Morgan fingerprint density at radius 1 is 1.33 bits per heavy atom. The maximum atomic E-state index is 12.9. The predicted octanol–water partition coefficient (Wildman–Crippen LogP) is 1.75. The molecule has 1 aromatic rings. The summed E-state index contributed by atoms with van der Waals surface area (Å²) in [5, 5.41) is 8.25. The molecule has 12 heavy (non-hydrogen) atoms. The zero-order valence-electron chi connectivity index (χ0n) is 6.56. The van der Waals surface area contributed by atoms with Crippen LogP contribution in [0.1, 0.15) is 11.1 Å². The molecule has 2 N–H and O–H groups in total. The standard InChI is InChI=1S/C8H9F2NO/c1-5-2-7(9)6(4-11-12)8(10)3-5/h2-3,11-12H,4H2,1H3. The molecule has 0 unspecified atom stereocenters. The van der Waals surface area contributed by atoms with Crippen molar-refractivity contribution in [1.82, 2.24) is 5.48 Å². The summed E-state index contributed by atoms with van der Waals surface area (Å²) in [6.07, 6.45) is 0. The van der Waals surface area contributed by atoms with Crippen LogP contribution in [0.3, 0.4) is 0 Å². The van der Waals surface area contributed by atoms with Crippen LogP contribution in [0, 0.1) is 18.6 Å². The monoisotopic (exact) mass is 173 g/mol. The van der Waals surface area contributed by atoms with E-state index in [-0.39, 0.29) is 12.1 Å². The Hall–Kier alpha value is -1.00. The third-order valence-corrected chi connectivity index (χ3v) is 1.54. The number of nitrogens with one attached hydrogen (secondary N) is 1. The molecule has 1 rings (SSSR count).